The highest BCUT2D eigenvalue weighted by Gasteiger charge is 2.22. The first-order valence-corrected chi connectivity index (χ1v) is 8.76. The number of H-pyrrole nitrogens is 1. The van der Waals surface area contributed by atoms with Crippen LogP contribution in [0.2, 0.25) is 0 Å². The Morgan fingerprint density at radius 3 is 2.58 bits per heavy atom. The van der Waals surface area contributed by atoms with E-state index in [1.165, 1.54) is 6.07 Å². The molecule has 0 bridgehead atoms. The zero-order valence-electron chi connectivity index (χ0n) is 14.4. The standard InChI is InChI=1S/C18H16F2N2O3S/c1-8(2)7-25-18(24)14-9(3)12-16(23)21-15(22-17(12)26-14)13-10(19)5-4-6-11(13)20/h4-6,8H,7H2,1-3H3,(H,21,22,23). The van der Waals surface area contributed by atoms with E-state index in [0.717, 1.165) is 23.5 Å². The fourth-order valence-electron chi connectivity index (χ4n) is 2.49. The van der Waals surface area contributed by atoms with Gasteiger partial charge in [-0.15, -0.1) is 11.3 Å². The van der Waals surface area contributed by atoms with E-state index in [-0.39, 0.29) is 33.4 Å². The summed E-state index contributed by atoms with van der Waals surface area (Å²) < 4.78 is 33.2. The number of aromatic amines is 1. The Labute approximate surface area is 151 Å². The molecule has 1 aromatic carbocycles. The topological polar surface area (TPSA) is 72.0 Å². The number of carbonyl (C=O) groups excluding carboxylic acids is 1. The van der Waals surface area contributed by atoms with Gasteiger partial charge in [0.2, 0.25) is 0 Å². The summed E-state index contributed by atoms with van der Waals surface area (Å²) in [6.45, 7) is 5.69. The predicted molar refractivity (Wildman–Crippen MR) is 95.5 cm³/mol. The van der Waals surface area contributed by atoms with Crippen LogP contribution >= 0.6 is 11.3 Å². The van der Waals surface area contributed by atoms with Crippen LogP contribution in [0.1, 0.15) is 29.1 Å². The number of hydrogen-bond acceptors (Lipinski definition) is 5. The first-order chi connectivity index (χ1) is 12.3. The second kappa shape index (κ2) is 6.95. The van der Waals surface area contributed by atoms with Crippen LogP contribution in [0.25, 0.3) is 21.6 Å². The van der Waals surface area contributed by atoms with E-state index in [1.807, 2.05) is 13.8 Å². The molecule has 0 aliphatic heterocycles. The van der Waals surface area contributed by atoms with E-state index in [0.29, 0.717) is 5.56 Å². The predicted octanol–water partition coefficient (Wildman–Crippen LogP) is 4.05. The molecule has 8 heteroatoms. The molecule has 2 heterocycles. The highest BCUT2D eigenvalue weighted by atomic mass is 32.1. The SMILES string of the molecule is Cc1c(C(=O)OCC(C)C)sc2nc(-c3c(F)cccc3F)[nH]c(=O)c12. The van der Waals surface area contributed by atoms with Crippen LogP contribution < -0.4 is 5.56 Å². The number of hydrogen-bond donors (Lipinski definition) is 1. The van der Waals surface area contributed by atoms with Gasteiger partial charge >= 0.3 is 5.97 Å². The van der Waals surface area contributed by atoms with Crippen LogP contribution in [0, 0.1) is 24.5 Å². The summed E-state index contributed by atoms with van der Waals surface area (Å²) in [5.74, 6) is -2.26. The smallest absolute Gasteiger partial charge is 0.348 e. The number of aryl methyl sites for hydroxylation is 1. The van der Waals surface area contributed by atoms with Crippen molar-refractivity contribution in [2.45, 2.75) is 20.8 Å². The molecule has 0 aliphatic rings. The minimum Gasteiger partial charge on any atom is -0.461 e. The third kappa shape index (κ3) is 3.24. The number of esters is 1. The number of rotatable bonds is 4. The Bertz CT molecular complexity index is 1040. The van der Waals surface area contributed by atoms with E-state index in [1.54, 1.807) is 6.92 Å². The number of halogens is 2. The highest BCUT2D eigenvalue weighted by Crippen LogP contribution is 2.30. The van der Waals surface area contributed by atoms with E-state index >= 15 is 0 Å². The van der Waals surface area contributed by atoms with Gasteiger partial charge in [-0.25, -0.2) is 18.6 Å². The van der Waals surface area contributed by atoms with Gasteiger partial charge in [-0.1, -0.05) is 19.9 Å². The molecular formula is C18H16F2N2O3S. The van der Waals surface area contributed by atoms with E-state index in [9.17, 15) is 18.4 Å². The molecule has 136 valence electrons. The van der Waals surface area contributed by atoms with Gasteiger partial charge in [0.05, 0.1) is 17.6 Å². The van der Waals surface area contributed by atoms with Crippen LogP contribution in [-0.4, -0.2) is 22.5 Å². The van der Waals surface area contributed by atoms with E-state index < -0.39 is 28.7 Å². The second-order valence-electron chi connectivity index (χ2n) is 6.24. The number of thiophene rings is 1. The molecule has 0 radical (unpaired) electrons. The normalized spacial score (nSPS) is 11.3. The molecular weight excluding hydrogens is 362 g/mol. The van der Waals surface area contributed by atoms with Gasteiger partial charge in [-0.05, 0) is 30.5 Å². The van der Waals surface area contributed by atoms with Crippen molar-refractivity contribution in [3.63, 3.8) is 0 Å². The lowest BCUT2D eigenvalue weighted by molar-refractivity contribution is 0.0464. The maximum atomic E-state index is 14.0. The molecule has 2 aromatic heterocycles. The first-order valence-electron chi connectivity index (χ1n) is 7.94. The monoisotopic (exact) mass is 378 g/mol. The van der Waals surface area contributed by atoms with Crippen LogP contribution in [0.15, 0.2) is 23.0 Å². The maximum Gasteiger partial charge on any atom is 0.348 e. The minimum atomic E-state index is -0.836. The average molecular weight is 378 g/mol. The largest absolute Gasteiger partial charge is 0.461 e. The molecule has 3 rings (SSSR count). The van der Waals surface area contributed by atoms with Gasteiger partial charge in [0.1, 0.15) is 27.2 Å². The number of nitrogens with zero attached hydrogens (tertiary/aromatic N) is 1. The third-order valence-corrected chi connectivity index (χ3v) is 4.90. The van der Waals surface area contributed by atoms with Crippen LogP contribution in [-0.2, 0) is 4.74 Å². The third-order valence-electron chi connectivity index (χ3n) is 3.73. The molecule has 3 aromatic rings. The summed E-state index contributed by atoms with van der Waals surface area (Å²) in [5, 5.41) is 0.215. The van der Waals surface area contributed by atoms with Gasteiger partial charge in [-0.3, -0.25) is 4.79 Å². The summed E-state index contributed by atoms with van der Waals surface area (Å²) in [4.78, 5) is 31.7. The molecule has 26 heavy (non-hydrogen) atoms. The lowest BCUT2D eigenvalue weighted by atomic mass is 10.1. The molecule has 0 spiro atoms. The van der Waals surface area contributed by atoms with Crippen LogP contribution in [0.5, 0.6) is 0 Å². The number of fused-ring (bicyclic) bond motifs is 1. The molecule has 0 unspecified atom stereocenters. The van der Waals surface area contributed by atoms with Gasteiger partial charge < -0.3 is 9.72 Å². The second-order valence-corrected chi connectivity index (χ2v) is 7.24. The van der Waals surface area contributed by atoms with Crippen molar-refractivity contribution in [1.82, 2.24) is 9.97 Å². The van der Waals surface area contributed by atoms with Gasteiger partial charge in [0, 0.05) is 0 Å². The number of benzene rings is 1. The summed E-state index contributed by atoms with van der Waals surface area (Å²) in [7, 11) is 0. The molecule has 5 nitrogen and oxygen atoms in total. The summed E-state index contributed by atoms with van der Waals surface area (Å²) in [6, 6.07) is 3.39. The highest BCUT2D eigenvalue weighted by molar-refractivity contribution is 7.20. The minimum absolute atomic E-state index is 0.172. The van der Waals surface area contributed by atoms with Crippen LogP contribution in [0.3, 0.4) is 0 Å². The zero-order chi connectivity index (χ0) is 19.0. The molecule has 0 fully saturated rings. The molecule has 0 aliphatic carbocycles. The fraction of sp³-hybridized carbons (Fsp3) is 0.278. The summed E-state index contributed by atoms with van der Waals surface area (Å²) >= 11 is 0.968. The van der Waals surface area contributed by atoms with Gasteiger partial charge in [0.15, 0.2) is 0 Å². The van der Waals surface area contributed by atoms with Crippen molar-refractivity contribution in [3.05, 3.63) is 50.6 Å². The number of ether oxygens (including phenoxy) is 1. The fourth-order valence-corrected chi connectivity index (χ4v) is 3.56. The Morgan fingerprint density at radius 2 is 1.96 bits per heavy atom. The quantitative estimate of drug-likeness (QED) is 0.695. The molecule has 1 N–H and O–H groups in total. The molecule has 0 amide bonds. The number of carbonyl (C=O) groups is 1. The summed E-state index contributed by atoms with van der Waals surface area (Å²) in [5.41, 5.74) is -0.543. The van der Waals surface area contributed by atoms with Crippen molar-refractivity contribution in [3.8, 4) is 11.4 Å². The Kier molecular flexibility index (Phi) is 4.86. The van der Waals surface area contributed by atoms with Crippen molar-refractivity contribution >= 4 is 27.5 Å². The van der Waals surface area contributed by atoms with Gasteiger partial charge in [0.25, 0.3) is 5.56 Å². The average Bonchev–Trinajstić information content (AvgIpc) is 2.90. The maximum absolute atomic E-state index is 14.0. The number of nitrogens with one attached hydrogen (secondary N) is 1. The molecule has 0 saturated heterocycles. The zero-order valence-corrected chi connectivity index (χ0v) is 15.2. The Hall–Kier alpha value is -2.61. The molecule has 0 saturated carbocycles. The lowest BCUT2D eigenvalue weighted by Crippen LogP contribution is -2.12. The molecule has 0 atom stereocenters. The van der Waals surface area contributed by atoms with Crippen molar-refractivity contribution in [2.75, 3.05) is 6.61 Å². The van der Waals surface area contributed by atoms with E-state index in [2.05, 4.69) is 9.97 Å². The summed E-state index contributed by atoms with van der Waals surface area (Å²) in [6.07, 6.45) is 0. The number of aromatic nitrogens is 2. The first kappa shape index (κ1) is 18.2. The van der Waals surface area contributed by atoms with Gasteiger partial charge in [-0.2, -0.15) is 0 Å². The Morgan fingerprint density at radius 1 is 1.31 bits per heavy atom. The van der Waals surface area contributed by atoms with E-state index in [4.69, 9.17) is 4.74 Å². The Balaban J connectivity index is 2.13. The van der Waals surface area contributed by atoms with Crippen molar-refractivity contribution < 1.29 is 18.3 Å². The lowest BCUT2D eigenvalue weighted by Gasteiger charge is -2.05. The van der Waals surface area contributed by atoms with Crippen molar-refractivity contribution in [2.24, 2.45) is 5.92 Å². The van der Waals surface area contributed by atoms with Crippen molar-refractivity contribution in [1.29, 1.82) is 0 Å². The van der Waals surface area contributed by atoms with Crippen LogP contribution in [0.4, 0.5) is 8.78 Å².